The number of methoxy groups -OCH3 is 1. The molecule has 2 fully saturated rings. The Labute approximate surface area is 193 Å². The largest absolute Gasteiger partial charge is 0.495 e. The summed E-state index contributed by atoms with van der Waals surface area (Å²) in [6, 6.07) is 8.69. The molecule has 0 aliphatic heterocycles. The van der Waals surface area contributed by atoms with Gasteiger partial charge in [0, 0.05) is 17.5 Å². The number of carboxylic acid groups (broad SMARTS) is 1. The first-order chi connectivity index (χ1) is 15.8. The van der Waals surface area contributed by atoms with Crippen LogP contribution < -0.4 is 9.47 Å². The van der Waals surface area contributed by atoms with Gasteiger partial charge in [-0.3, -0.25) is 0 Å². The van der Waals surface area contributed by atoms with E-state index < -0.39 is 23.5 Å². The zero-order chi connectivity index (χ0) is 23.6. The number of aromatic nitrogens is 1. The maximum Gasteiger partial charge on any atom is 0.341 e. The van der Waals surface area contributed by atoms with Crippen LogP contribution in [0.1, 0.15) is 68.4 Å². The number of carbonyl (C=O) groups is 1. The molecule has 7 heteroatoms. The minimum Gasteiger partial charge on any atom is -0.495 e. The average Bonchev–Trinajstić information content (AvgIpc) is 3.63. The summed E-state index contributed by atoms with van der Waals surface area (Å²) in [5.74, 6) is -0.678. The van der Waals surface area contributed by atoms with Crippen molar-refractivity contribution in [1.29, 1.82) is 0 Å². The normalized spacial score (nSPS) is 23.4. The van der Waals surface area contributed by atoms with Crippen molar-refractivity contribution < 1.29 is 28.2 Å². The number of rotatable bonds is 9. The van der Waals surface area contributed by atoms with E-state index >= 15 is 4.39 Å². The Hall–Kier alpha value is -2.70. The van der Waals surface area contributed by atoms with Crippen molar-refractivity contribution in [1.82, 2.24) is 4.98 Å². The summed E-state index contributed by atoms with van der Waals surface area (Å²) < 4.78 is 40.1. The quantitative estimate of drug-likeness (QED) is 0.474. The van der Waals surface area contributed by atoms with Crippen LogP contribution in [0.2, 0.25) is 0 Å². The molecule has 4 rings (SSSR count). The van der Waals surface area contributed by atoms with E-state index in [0.717, 1.165) is 51.0 Å². The van der Waals surface area contributed by atoms with Crippen LogP contribution in [0.5, 0.6) is 11.5 Å². The maximum atomic E-state index is 15.0. The molecule has 2 aliphatic carbocycles. The summed E-state index contributed by atoms with van der Waals surface area (Å²) in [6.45, 7) is 1.70. The molecular weight excluding hydrogens is 428 g/mol. The van der Waals surface area contributed by atoms with Gasteiger partial charge in [-0.2, -0.15) is 4.39 Å². The summed E-state index contributed by atoms with van der Waals surface area (Å²) in [7, 11) is 1.57. The molecule has 33 heavy (non-hydrogen) atoms. The minimum atomic E-state index is -2.31. The number of hydrogen-bond donors (Lipinski definition) is 1. The molecule has 1 N–H and O–H groups in total. The Bertz CT molecular complexity index is 984. The molecule has 0 unspecified atom stereocenters. The van der Waals surface area contributed by atoms with Crippen molar-refractivity contribution in [3.63, 3.8) is 0 Å². The fraction of sp³-hybridized carbons (Fsp3) is 0.538. The highest BCUT2D eigenvalue weighted by Gasteiger charge is 2.50. The topological polar surface area (TPSA) is 68.7 Å². The molecule has 0 radical (unpaired) electrons. The second kappa shape index (κ2) is 9.65. The molecule has 0 saturated heterocycles. The number of pyridine rings is 1. The number of halogens is 2. The lowest BCUT2D eigenvalue weighted by molar-refractivity contribution is -0.151. The zero-order valence-corrected chi connectivity index (χ0v) is 19.1. The average molecular weight is 460 g/mol. The number of ether oxygens (including phenoxy) is 2. The predicted molar refractivity (Wildman–Crippen MR) is 120 cm³/mol. The number of carboxylic acids is 1. The zero-order valence-electron chi connectivity index (χ0n) is 19.1. The monoisotopic (exact) mass is 459 g/mol. The van der Waals surface area contributed by atoms with Gasteiger partial charge in [0.25, 0.3) is 0 Å². The fourth-order valence-corrected chi connectivity index (χ4v) is 5.16. The molecule has 5 nitrogen and oxygen atoms in total. The van der Waals surface area contributed by atoms with Crippen LogP contribution in [0.25, 0.3) is 0 Å². The van der Waals surface area contributed by atoms with E-state index in [-0.39, 0.29) is 11.8 Å². The Morgan fingerprint density at radius 1 is 1.21 bits per heavy atom. The minimum absolute atomic E-state index is 0.0524. The highest BCUT2D eigenvalue weighted by atomic mass is 19.1. The molecule has 0 spiro atoms. The molecule has 2 aliphatic rings. The molecule has 2 saturated carbocycles. The van der Waals surface area contributed by atoms with E-state index in [2.05, 4.69) is 4.98 Å². The number of hydrogen-bond acceptors (Lipinski definition) is 4. The van der Waals surface area contributed by atoms with Crippen molar-refractivity contribution in [3.8, 4) is 11.5 Å². The molecule has 1 aromatic heterocycles. The standard InChI is InChI=1S/C26H31F2NO4/c1-26(28,25(30)31)24(18-10-11-18)19-4-3-5-20(12-19)33-15-16-6-8-17(9-7-16)21-13-23(27)29-14-22(21)32-2/h3-5,12-14,16-18,24H,6-11,15H2,1-2H3,(H,30,31)/t16?,17?,24-,26+/m0/s1. The Balaban J connectivity index is 1.36. The SMILES string of the molecule is COc1cnc(F)cc1C1CCC(COc2cccc([C@H](C3CC3)[C@@](C)(F)C(=O)O)c2)CC1. The van der Waals surface area contributed by atoms with Gasteiger partial charge in [-0.15, -0.1) is 0 Å². The van der Waals surface area contributed by atoms with Gasteiger partial charge >= 0.3 is 5.97 Å². The molecule has 2 atom stereocenters. The Morgan fingerprint density at radius 3 is 2.58 bits per heavy atom. The van der Waals surface area contributed by atoms with E-state index in [9.17, 15) is 14.3 Å². The van der Waals surface area contributed by atoms with Gasteiger partial charge in [0.05, 0.1) is 19.9 Å². The van der Waals surface area contributed by atoms with Crippen LogP contribution >= 0.6 is 0 Å². The molecule has 1 aromatic carbocycles. The molecule has 0 bridgehead atoms. The second-order valence-corrected chi connectivity index (χ2v) is 9.55. The van der Waals surface area contributed by atoms with Gasteiger partial charge < -0.3 is 14.6 Å². The lowest BCUT2D eigenvalue weighted by Crippen LogP contribution is -2.38. The van der Waals surface area contributed by atoms with Crippen LogP contribution in [0.3, 0.4) is 0 Å². The predicted octanol–water partition coefficient (Wildman–Crippen LogP) is 5.89. The van der Waals surface area contributed by atoms with E-state index in [1.165, 1.54) is 12.3 Å². The third-order valence-corrected chi connectivity index (χ3v) is 7.17. The number of alkyl halides is 1. The highest BCUT2D eigenvalue weighted by Crippen LogP contribution is 2.50. The van der Waals surface area contributed by atoms with Crippen LogP contribution in [0.4, 0.5) is 8.78 Å². The van der Waals surface area contributed by atoms with Gasteiger partial charge in [0.2, 0.25) is 11.6 Å². The van der Waals surface area contributed by atoms with Crippen LogP contribution in [0.15, 0.2) is 36.5 Å². The van der Waals surface area contributed by atoms with E-state index in [4.69, 9.17) is 9.47 Å². The Morgan fingerprint density at radius 2 is 1.94 bits per heavy atom. The van der Waals surface area contributed by atoms with Gasteiger partial charge in [0.15, 0.2) is 0 Å². The number of nitrogens with zero attached hydrogens (tertiary/aromatic N) is 1. The van der Waals surface area contributed by atoms with Crippen molar-refractivity contribution in [3.05, 3.63) is 53.6 Å². The first kappa shape index (κ1) is 23.5. The van der Waals surface area contributed by atoms with Crippen LogP contribution in [0, 0.1) is 17.8 Å². The van der Waals surface area contributed by atoms with Gasteiger partial charge in [-0.1, -0.05) is 12.1 Å². The van der Waals surface area contributed by atoms with Crippen molar-refractivity contribution in [2.24, 2.45) is 11.8 Å². The lowest BCUT2D eigenvalue weighted by Gasteiger charge is -2.30. The van der Waals surface area contributed by atoms with E-state index in [1.807, 2.05) is 6.07 Å². The second-order valence-electron chi connectivity index (χ2n) is 9.55. The summed E-state index contributed by atoms with van der Waals surface area (Å²) >= 11 is 0. The molecule has 2 aromatic rings. The third-order valence-electron chi connectivity index (χ3n) is 7.17. The lowest BCUT2D eigenvalue weighted by atomic mass is 9.79. The number of benzene rings is 1. The van der Waals surface area contributed by atoms with Crippen molar-refractivity contribution in [2.75, 3.05) is 13.7 Å². The van der Waals surface area contributed by atoms with Crippen molar-refractivity contribution >= 4 is 5.97 Å². The fourth-order valence-electron chi connectivity index (χ4n) is 5.16. The molecule has 0 amide bonds. The third kappa shape index (κ3) is 5.28. The van der Waals surface area contributed by atoms with Gasteiger partial charge in [-0.05, 0) is 80.9 Å². The van der Waals surface area contributed by atoms with Crippen LogP contribution in [-0.2, 0) is 4.79 Å². The van der Waals surface area contributed by atoms with Gasteiger partial charge in [-0.25, -0.2) is 14.2 Å². The molecule has 1 heterocycles. The summed E-state index contributed by atoms with van der Waals surface area (Å²) in [4.78, 5) is 15.2. The smallest absolute Gasteiger partial charge is 0.341 e. The Kier molecular flexibility index (Phi) is 6.86. The van der Waals surface area contributed by atoms with Crippen LogP contribution in [-0.4, -0.2) is 35.4 Å². The molecular formula is C26H31F2NO4. The summed E-state index contributed by atoms with van der Waals surface area (Å²) in [6.07, 6.45) is 6.85. The van der Waals surface area contributed by atoms with E-state index in [0.29, 0.717) is 29.6 Å². The summed E-state index contributed by atoms with van der Waals surface area (Å²) in [5.41, 5.74) is -0.764. The summed E-state index contributed by atoms with van der Waals surface area (Å²) in [5, 5.41) is 9.41. The maximum absolute atomic E-state index is 15.0. The van der Waals surface area contributed by atoms with Crippen molar-refractivity contribution in [2.45, 2.75) is 63.0 Å². The molecule has 178 valence electrons. The first-order valence-corrected chi connectivity index (χ1v) is 11.6. The number of aliphatic carboxylic acids is 1. The van der Waals surface area contributed by atoms with Gasteiger partial charge in [0.1, 0.15) is 11.5 Å². The highest BCUT2D eigenvalue weighted by molar-refractivity contribution is 5.78. The van der Waals surface area contributed by atoms with E-state index in [1.54, 1.807) is 25.3 Å². The first-order valence-electron chi connectivity index (χ1n) is 11.6.